The number of carbonyl (C=O) groups is 1. The number of aromatic nitrogens is 1. The van der Waals surface area contributed by atoms with E-state index in [1.54, 1.807) is 12.4 Å². The quantitative estimate of drug-likeness (QED) is 0.788. The van der Waals surface area contributed by atoms with Crippen molar-refractivity contribution in [1.82, 2.24) is 14.8 Å². The van der Waals surface area contributed by atoms with Crippen LogP contribution in [0.25, 0.3) is 0 Å². The number of benzene rings is 1. The monoisotopic (exact) mass is 311 g/mol. The Morgan fingerprint density at radius 1 is 1.04 bits per heavy atom. The molecule has 0 N–H and O–H groups in total. The zero-order valence-electron chi connectivity index (χ0n) is 14.2. The van der Waals surface area contributed by atoms with Crippen molar-refractivity contribution in [2.24, 2.45) is 0 Å². The molecular weight excluding hydrogens is 286 g/mol. The fraction of sp³-hybridized carbons (Fsp3) is 0.368. The van der Waals surface area contributed by atoms with Crippen LogP contribution < -0.4 is 0 Å². The molecule has 23 heavy (non-hydrogen) atoms. The van der Waals surface area contributed by atoms with E-state index in [2.05, 4.69) is 28.9 Å². The summed E-state index contributed by atoms with van der Waals surface area (Å²) in [4.78, 5) is 20.8. The van der Waals surface area contributed by atoms with Crippen LogP contribution in [0.3, 0.4) is 0 Å². The summed E-state index contributed by atoms with van der Waals surface area (Å²) in [6.45, 7) is 4.33. The van der Waals surface area contributed by atoms with E-state index in [1.165, 1.54) is 11.1 Å². The van der Waals surface area contributed by atoms with E-state index in [-0.39, 0.29) is 5.91 Å². The average molecular weight is 311 g/mol. The molecule has 1 heterocycles. The Morgan fingerprint density at radius 2 is 1.74 bits per heavy atom. The van der Waals surface area contributed by atoms with E-state index in [4.69, 9.17) is 0 Å². The minimum atomic E-state index is 0.154. The van der Waals surface area contributed by atoms with Gasteiger partial charge < -0.3 is 9.80 Å². The molecule has 0 spiro atoms. The number of pyridine rings is 1. The van der Waals surface area contributed by atoms with Gasteiger partial charge in [-0.1, -0.05) is 24.3 Å². The van der Waals surface area contributed by atoms with Gasteiger partial charge in [0.2, 0.25) is 5.91 Å². The molecule has 122 valence electrons. The van der Waals surface area contributed by atoms with Crippen LogP contribution in [0.1, 0.15) is 16.7 Å². The molecule has 1 aromatic carbocycles. The van der Waals surface area contributed by atoms with Gasteiger partial charge in [0.05, 0.1) is 6.42 Å². The molecule has 0 radical (unpaired) electrons. The largest absolute Gasteiger partial charge is 0.337 e. The second kappa shape index (κ2) is 8.44. The van der Waals surface area contributed by atoms with Crippen LogP contribution in [0.4, 0.5) is 0 Å². The maximum atomic E-state index is 12.7. The summed E-state index contributed by atoms with van der Waals surface area (Å²) in [6, 6.07) is 12.0. The molecule has 0 saturated heterocycles. The summed E-state index contributed by atoms with van der Waals surface area (Å²) >= 11 is 0. The predicted octanol–water partition coefficient (Wildman–Crippen LogP) is 2.52. The first-order chi connectivity index (χ1) is 11.1. The lowest BCUT2D eigenvalue weighted by atomic mass is 10.1. The van der Waals surface area contributed by atoms with Gasteiger partial charge in [-0.05, 0) is 49.8 Å². The lowest BCUT2D eigenvalue weighted by Gasteiger charge is -2.25. The summed E-state index contributed by atoms with van der Waals surface area (Å²) in [6.07, 6.45) is 3.88. The van der Waals surface area contributed by atoms with Crippen molar-refractivity contribution in [3.63, 3.8) is 0 Å². The zero-order valence-corrected chi connectivity index (χ0v) is 14.2. The minimum absolute atomic E-state index is 0.154. The van der Waals surface area contributed by atoms with E-state index in [0.29, 0.717) is 13.0 Å². The van der Waals surface area contributed by atoms with Gasteiger partial charge in [0.25, 0.3) is 0 Å². The van der Waals surface area contributed by atoms with Crippen LogP contribution in [0.2, 0.25) is 0 Å². The first kappa shape index (κ1) is 17.2. The SMILES string of the molecule is Cc1ccccc1CN(CCN(C)C)C(=O)Cc1ccncc1. The number of amides is 1. The Hall–Kier alpha value is -2.20. The lowest BCUT2D eigenvalue weighted by molar-refractivity contribution is -0.131. The maximum Gasteiger partial charge on any atom is 0.227 e. The molecule has 1 amide bonds. The molecule has 0 saturated carbocycles. The fourth-order valence-electron chi connectivity index (χ4n) is 2.39. The molecule has 0 aliphatic carbocycles. The van der Waals surface area contributed by atoms with Gasteiger partial charge in [0.15, 0.2) is 0 Å². The second-order valence-corrected chi connectivity index (χ2v) is 6.08. The third-order valence-electron chi connectivity index (χ3n) is 3.90. The highest BCUT2D eigenvalue weighted by Gasteiger charge is 2.15. The number of hydrogen-bond acceptors (Lipinski definition) is 3. The van der Waals surface area contributed by atoms with Crippen molar-refractivity contribution in [2.45, 2.75) is 19.9 Å². The number of nitrogens with zero attached hydrogens (tertiary/aromatic N) is 3. The van der Waals surface area contributed by atoms with Crippen molar-refractivity contribution < 1.29 is 4.79 Å². The zero-order chi connectivity index (χ0) is 16.7. The molecule has 1 aromatic heterocycles. The van der Waals surface area contributed by atoms with Crippen molar-refractivity contribution in [2.75, 3.05) is 27.2 Å². The highest BCUT2D eigenvalue weighted by Crippen LogP contribution is 2.12. The van der Waals surface area contributed by atoms with Gasteiger partial charge in [0, 0.05) is 32.0 Å². The number of likely N-dealkylation sites (N-methyl/N-ethyl adjacent to an activating group) is 1. The third kappa shape index (κ3) is 5.49. The van der Waals surface area contributed by atoms with Gasteiger partial charge >= 0.3 is 0 Å². The highest BCUT2D eigenvalue weighted by molar-refractivity contribution is 5.78. The number of hydrogen-bond donors (Lipinski definition) is 0. The van der Waals surface area contributed by atoms with Gasteiger partial charge in [0.1, 0.15) is 0 Å². The number of carbonyl (C=O) groups excluding carboxylic acids is 1. The van der Waals surface area contributed by atoms with E-state index >= 15 is 0 Å². The first-order valence-electron chi connectivity index (χ1n) is 7.92. The fourth-order valence-corrected chi connectivity index (χ4v) is 2.39. The summed E-state index contributed by atoms with van der Waals surface area (Å²) in [5.41, 5.74) is 3.43. The molecule has 0 aliphatic rings. The molecule has 4 nitrogen and oxygen atoms in total. The molecule has 0 aliphatic heterocycles. The van der Waals surface area contributed by atoms with Crippen LogP contribution in [-0.2, 0) is 17.8 Å². The van der Waals surface area contributed by atoms with E-state index < -0.39 is 0 Å². The molecule has 0 bridgehead atoms. The van der Waals surface area contributed by atoms with Crippen molar-refractivity contribution >= 4 is 5.91 Å². The topological polar surface area (TPSA) is 36.4 Å². The Bertz CT molecular complexity index is 626. The van der Waals surface area contributed by atoms with E-state index in [0.717, 1.165) is 18.7 Å². The van der Waals surface area contributed by atoms with Crippen LogP contribution >= 0.6 is 0 Å². The summed E-state index contributed by atoms with van der Waals surface area (Å²) < 4.78 is 0. The van der Waals surface area contributed by atoms with Gasteiger partial charge in [-0.3, -0.25) is 9.78 Å². The molecule has 0 fully saturated rings. The van der Waals surface area contributed by atoms with Crippen LogP contribution in [0.15, 0.2) is 48.8 Å². The van der Waals surface area contributed by atoms with E-state index in [1.807, 2.05) is 43.3 Å². The average Bonchev–Trinajstić information content (AvgIpc) is 2.53. The van der Waals surface area contributed by atoms with E-state index in [9.17, 15) is 4.79 Å². The van der Waals surface area contributed by atoms with Crippen molar-refractivity contribution in [1.29, 1.82) is 0 Å². The molecule has 4 heteroatoms. The summed E-state index contributed by atoms with van der Waals surface area (Å²) in [5.74, 6) is 0.154. The van der Waals surface area contributed by atoms with Crippen LogP contribution in [-0.4, -0.2) is 47.9 Å². The van der Waals surface area contributed by atoms with Gasteiger partial charge in [-0.2, -0.15) is 0 Å². The highest BCUT2D eigenvalue weighted by atomic mass is 16.2. The van der Waals surface area contributed by atoms with Crippen molar-refractivity contribution in [3.05, 3.63) is 65.5 Å². The predicted molar refractivity (Wildman–Crippen MR) is 93.1 cm³/mol. The second-order valence-electron chi connectivity index (χ2n) is 6.08. The maximum absolute atomic E-state index is 12.7. The van der Waals surface area contributed by atoms with Crippen LogP contribution in [0, 0.1) is 6.92 Å². The summed E-state index contributed by atoms with van der Waals surface area (Å²) in [5, 5.41) is 0. The van der Waals surface area contributed by atoms with Crippen LogP contribution in [0.5, 0.6) is 0 Å². The lowest BCUT2D eigenvalue weighted by Crippen LogP contribution is -2.37. The Morgan fingerprint density at radius 3 is 2.39 bits per heavy atom. The number of rotatable bonds is 7. The van der Waals surface area contributed by atoms with Gasteiger partial charge in [-0.25, -0.2) is 0 Å². The molecule has 0 atom stereocenters. The van der Waals surface area contributed by atoms with Gasteiger partial charge in [-0.15, -0.1) is 0 Å². The Labute approximate surface area is 138 Å². The first-order valence-corrected chi connectivity index (χ1v) is 7.92. The van der Waals surface area contributed by atoms with Crippen molar-refractivity contribution in [3.8, 4) is 0 Å². The molecule has 2 rings (SSSR count). The molecule has 2 aromatic rings. The minimum Gasteiger partial charge on any atom is -0.337 e. The normalized spacial score (nSPS) is 10.8. The molecule has 0 unspecified atom stereocenters. The number of aryl methyl sites for hydroxylation is 1. The standard InChI is InChI=1S/C19H25N3O/c1-16-6-4-5-7-18(16)15-22(13-12-21(2)3)19(23)14-17-8-10-20-11-9-17/h4-11H,12-15H2,1-3H3. The smallest absolute Gasteiger partial charge is 0.227 e. The molecular formula is C19H25N3O. The third-order valence-corrected chi connectivity index (χ3v) is 3.90. The summed E-state index contributed by atoms with van der Waals surface area (Å²) in [7, 11) is 4.05. The Balaban J connectivity index is 2.09. The Kier molecular flexibility index (Phi) is 6.29.